The summed E-state index contributed by atoms with van der Waals surface area (Å²) in [5.41, 5.74) is 2.57. The highest BCUT2D eigenvalue weighted by Gasteiger charge is 2.45. The minimum Gasteiger partial charge on any atom is -0.326 e. The number of benzene rings is 3. The fourth-order valence-electron chi connectivity index (χ4n) is 4.42. The van der Waals surface area contributed by atoms with Crippen LogP contribution in [0.5, 0.6) is 0 Å². The van der Waals surface area contributed by atoms with E-state index in [4.69, 9.17) is 11.6 Å². The molecular formula is C28H26ClN3O4. The fraction of sp³-hybridized carbons (Fsp3) is 0.214. The molecule has 7 nitrogen and oxygen atoms in total. The van der Waals surface area contributed by atoms with E-state index in [0.717, 1.165) is 16.0 Å². The Bertz CT molecular complexity index is 1280. The molecule has 184 valence electrons. The Morgan fingerprint density at radius 1 is 1.00 bits per heavy atom. The Kier molecular flexibility index (Phi) is 7.50. The highest BCUT2D eigenvalue weighted by atomic mass is 35.5. The SMILES string of the molecule is CC(=O)Nc1ccc(N2C(=O)CC(N(C(=O)Cc3ccc(Cl)cc3)C(C)c3ccccc3)C2=O)cc1. The van der Waals surface area contributed by atoms with Crippen LogP contribution in [0.15, 0.2) is 78.9 Å². The van der Waals surface area contributed by atoms with Gasteiger partial charge in [0, 0.05) is 17.6 Å². The van der Waals surface area contributed by atoms with Crippen LogP contribution in [0, 0.1) is 0 Å². The van der Waals surface area contributed by atoms with Gasteiger partial charge >= 0.3 is 0 Å². The van der Waals surface area contributed by atoms with Gasteiger partial charge in [-0.2, -0.15) is 0 Å². The van der Waals surface area contributed by atoms with Gasteiger partial charge in [0.2, 0.25) is 17.7 Å². The molecule has 8 heteroatoms. The first kappa shape index (κ1) is 25.1. The van der Waals surface area contributed by atoms with Gasteiger partial charge in [0.15, 0.2) is 0 Å². The first-order valence-electron chi connectivity index (χ1n) is 11.6. The maximum Gasteiger partial charge on any atom is 0.257 e. The lowest BCUT2D eigenvalue weighted by molar-refractivity contribution is -0.140. The average molecular weight is 504 g/mol. The third-order valence-electron chi connectivity index (χ3n) is 6.16. The van der Waals surface area contributed by atoms with E-state index in [9.17, 15) is 19.2 Å². The van der Waals surface area contributed by atoms with Gasteiger partial charge in [-0.1, -0.05) is 54.1 Å². The molecule has 1 saturated heterocycles. The number of hydrogen-bond acceptors (Lipinski definition) is 4. The number of rotatable bonds is 7. The highest BCUT2D eigenvalue weighted by molar-refractivity contribution is 6.30. The Labute approximate surface area is 214 Å². The van der Waals surface area contributed by atoms with E-state index in [0.29, 0.717) is 16.4 Å². The average Bonchev–Trinajstić information content (AvgIpc) is 3.14. The summed E-state index contributed by atoms with van der Waals surface area (Å²) in [5.74, 6) is -1.33. The predicted octanol–water partition coefficient (Wildman–Crippen LogP) is 4.76. The second-order valence-corrected chi connectivity index (χ2v) is 9.14. The number of nitrogens with zero attached hydrogens (tertiary/aromatic N) is 2. The molecule has 36 heavy (non-hydrogen) atoms. The van der Waals surface area contributed by atoms with E-state index in [1.807, 2.05) is 37.3 Å². The van der Waals surface area contributed by atoms with Crippen LogP contribution in [0.25, 0.3) is 0 Å². The minimum atomic E-state index is -0.942. The van der Waals surface area contributed by atoms with Gasteiger partial charge in [-0.3, -0.25) is 19.2 Å². The van der Waals surface area contributed by atoms with Crippen molar-refractivity contribution in [2.75, 3.05) is 10.2 Å². The molecule has 4 rings (SSSR count). The van der Waals surface area contributed by atoms with E-state index in [-0.39, 0.29) is 30.6 Å². The summed E-state index contributed by atoms with van der Waals surface area (Å²) >= 11 is 5.99. The summed E-state index contributed by atoms with van der Waals surface area (Å²) in [6.45, 7) is 3.26. The molecule has 0 saturated carbocycles. The molecule has 4 amide bonds. The standard InChI is InChI=1S/C28H26ClN3O4/c1-18(21-6-4-3-5-7-21)31(26(34)16-20-8-10-22(29)11-9-20)25-17-27(35)32(28(25)36)24-14-12-23(13-15-24)30-19(2)33/h3-15,18,25H,16-17H2,1-2H3,(H,30,33). The fourth-order valence-corrected chi connectivity index (χ4v) is 4.55. The number of nitrogens with one attached hydrogen (secondary N) is 1. The third-order valence-corrected chi connectivity index (χ3v) is 6.41. The maximum atomic E-state index is 13.6. The van der Waals surface area contributed by atoms with Gasteiger partial charge in [0.25, 0.3) is 5.91 Å². The predicted molar refractivity (Wildman–Crippen MR) is 139 cm³/mol. The molecule has 0 radical (unpaired) electrons. The molecule has 0 aromatic heterocycles. The summed E-state index contributed by atoms with van der Waals surface area (Å²) in [6, 6.07) is 21.5. The lowest BCUT2D eigenvalue weighted by atomic mass is 10.0. The summed E-state index contributed by atoms with van der Waals surface area (Å²) < 4.78 is 0. The van der Waals surface area contributed by atoms with Crippen molar-refractivity contribution in [1.29, 1.82) is 0 Å². The van der Waals surface area contributed by atoms with E-state index in [2.05, 4.69) is 5.32 Å². The van der Waals surface area contributed by atoms with Gasteiger partial charge < -0.3 is 10.2 Å². The van der Waals surface area contributed by atoms with Crippen LogP contribution in [-0.4, -0.2) is 34.6 Å². The molecule has 3 aromatic rings. The van der Waals surface area contributed by atoms with Gasteiger partial charge in [-0.25, -0.2) is 4.90 Å². The number of imide groups is 1. The lowest BCUT2D eigenvalue weighted by Crippen LogP contribution is -2.47. The number of halogens is 1. The van der Waals surface area contributed by atoms with Crippen molar-refractivity contribution in [3.05, 3.63) is 95.0 Å². The van der Waals surface area contributed by atoms with Crippen LogP contribution >= 0.6 is 11.6 Å². The van der Waals surface area contributed by atoms with Gasteiger partial charge in [0.1, 0.15) is 6.04 Å². The smallest absolute Gasteiger partial charge is 0.257 e. The normalized spacial score (nSPS) is 16.1. The van der Waals surface area contributed by atoms with Crippen molar-refractivity contribution in [1.82, 2.24) is 4.90 Å². The molecular weight excluding hydrogens is 478 g/mol. The lowest BCUT2D eigenvalue weighted by Gasteiger charge is -2.34. The minimum absolute atomic E-state index is 0.0672. The van der Waals surface area contributed by atoms with Gasteiger partial charge in [-0.05, 0) is 54.4 Å². The molecule has 1 fully saturated rings. The first-order chi connectivity index (χ1) is 17.2. The van der Waals surface area contributed by atoms with Crippen molar-refractivity contribution < 1.29 is 19.2 Å². The van der Waals surface area contributed by atoms with Crippen molar-refractivity contribution in [2.24, 2.45) is 0 Å². The second-order valence-electron chi connectivity index (χ2n) is 8.71. The first-order valence-corrected chi connectivity index (χ1v) is 12.0. The number of anilines is 2. The zero-order chi connectivity index (χ0) is 25.8. The van der Waals surface area contributed by atoms with Crippen LogP contribution in [-0.2, 0) is 25.6 Å². The Hall–Kier alpha value is -3.97. The molecule has 1 N–H and O–H groups in total. The molecule has 1 aliphatic rings. The zero-order valence-corrected chi connectivity index (χ0v) is 20.7. The molecule has 1 heterocycles. The van der Waals surface area contributed by atoms with Gasteiger partial charge in [0.05, 0.1) is 24.6 Å². The Balaban J connectivity index is 1.63. The molecule has 2 unspecified atom stereocenters. The summed E-state index contributed by atoms with van der Waals surface area (Å²) in [7, 11) is 0. The summed E-state index contributed by atoms with van der Waals surface area (Å²) in [6.07, 6.45) is -0.0481. The largest absolute Gasteiger partial charge is 0.326 e. The topological polar surface area (TPSA) is 86.8 Å². The number of carbonyl (C=O) groups is 4. The highest BCUT2D eigenvalue weighted by Crippen LogP contribution is 2.32. The molecule has 3 aromatic carbocycles. The van der Waals surface area contributed by atoms with Crippen molar-refractivity contribution in [2.45, 2.75) is 38.8 Å². The van der Waals surface area contributed by atoms with E-state index >= 15 is 0 Å². The zero-order valence-electron chi connectivity index (χ0n) is 20.0. The summed E-state index contributed by atoms with van der Waals surface area (Å²) in [5, 5.41) is 3.23. The summed E-state index contributed by atoms with van der Waals surface area (Å²) in [4.78, 5) is 54.1. The van der Waals surface area contributed by atoms with Crippen LogP contribution in [0.1, 0.15) is 37.4 Å². The molecule has 0 aliphatic carbocycles. The van der Waals surface area contributed by atoms with E-state index in [1.54, 1.807) is 48.5 Å². The van der Waals surface area contributed by atoms with Crippen LogP contribution in [0.3, 0.4) is 0 Å². The maximum absolute atomic E-state index is 13.6. The van der Waals surface area contributed by atoms with Crippen molar-refractivity contribution in [3.8, 4) is 0 Å². The van der Waals surface area contributed by atoms with Crippen LogP contribution in [0.4, 0.5) is 11.4 Å². The van der Waals surface area contributed by atoms with E-state index in [1.165, 1.54) is 11.8 Å². The van der Waals surface area contributed by atoms with E-state index < -0.39 is 18.0 Å². The third kappa shape index (κ3) is 5.47. The Morgan fingerprint density at radius 2 is 1.64 bits per heavy atom. The molecule has 1 aliphatic heterocycles. The van der Waals surface area contributed by atoms with Crippen LogP contribution < -0.4 is 10.2 Å². The van der Waals surface area contributed by atoms with Crippen LogP contribution in [0.2, 0.25) is 5.02 Å². The number of carbonyl (C=O) groups excluding carboxylic acids is 4. The Morgan fingerprint density at radius 3 is 2.25 bits per heavy atom. The monoisotopic (exact) mass is 503 g/mol. The molecule has 2 atom stereocenters. The molecule has 0 bridgehead atoms. The second kappa shape index (κ2) is 10.7. The van der Waals surface area contributed by atoms with Crippen molar-refractivity contribution in [3.63, 3.8) is 0 Å². The van der Waals surface area contributed by atoms with Gasteiger partial charge in [-0.15, -0.1) is 0 Å². The number of amides is 4. The molecule has 0 spiro atoms. The number of hydrogen-bond donors (Lipinski definition) is 1. The van der Waals surface area contributed by atoms with Crippen molar-refractivity contribution >= 4 is 46.6 Å². The quantitative estimate of drug-likeness (QED) is 0.471.